The van der Waals surface area contributed by atoms with Crippen LogP contribution in [-0.4, -0.2) is 31.3 Å². The highest BCUT2D eigenvalue weighted by molar-refractivity contribution is 5.70. The Kier molecular flexibility index (Phi) is 6.52. The fourth-order valence-corrected chi connectivity index (χ4v) is 0.957. The Balaban J connectivity index is 3.40. The van der Waals surface area contributed by atoms with Gasteiger partial charge in [-0.3, -0.25) is 4.79 Å². The Morgan fingerprint density at radius 2 is 1.93 bits per heavy atom. The van der Waals surface area contributed by atoms with E-state index in [4.69, 9.17) is 15.2 Å². The van der Waals surface area contributed by atoms with Crippen molar-refractivity contribution in [1.29, 1.82) is 0 Å². The molecule has 15 heavy (non-hydrogen) atoms. The molecule has 0 fully saturated rings. The van der Waals surface area contributed by atoms with Crippen molar-refractivity contribution in [2.24, 2.45) is 11.7 Å². The van der Waals surface area contributed by atoms with Crippen LogP contribution in [0.5, 0.6) is 0 Å². The van der Waals surface area contributed by atoms with E-state index in [1.165, 1.54) is 0 Å². The molecule has 0 saturated heterocycles. The molecule has 0 amide bonds. The van der Waals surface area contributed by atoms with Gasteiger partial charge in [-0.1, -0.05) is 13.8 Å². The largest absolute Gasteiger partial charge is 0.463 e. The first-order chi connectivity index (χ1) is 6.81. The maximum absolute atomic E-state index is 11.2. The highest BCUT2D eigenvalue weighted by atomic mass is 16.6. The molecule has 0 radical (unpaired) electrons. The normalized spacial score (nSPS) is 11.9. The van der Waals surface area contributed by atoms with Crippen molar-refractivity contribution in [3.8, 4) is 0 Å². The molecule has 0 rings (SSSR count). The number of carbonyl (C=O) groups is 1. The van der Waals surface area contributed by atoms with Crippen LogP contribution in [0.25, 0.3) is 0 Å². The van der Waals surface area contributed by atoms with Crippen molar-refractivity contribution in [3.63, 3.8) is 0 Å². The summed E-state index contributed by atoms with van der Waals surface area (Å²) in [5.74, 6) is 0.235. The van der Waals surface area contributed by atoms with Crippen LogP contribution in [0.4, 0.5) is 0 Å². The average molecular weight is 217 g/mol. The topological polar surface area (TPSA) is 61.5 Å². The van der Waals surface area contributed by atoms with Crippen LogP contribution in [0, 0.1) is 5.92 Å². The zero-order valence-corrected chi connectivity index (χ0v) is 10.2. The molecule has 0 aliphatic rings. The number of rotatable bonds is 7. The van der Waals surface area contributed by atoms with Crippen LogP contribution in [0.15, 0.2) is 0 Å². The SMILES string of the molecule is CC(C)COCCOC(=O)CC(C)(C)N. The number of carbonyl (C=O) groups excluding carboxylic acids is 1. The molecular weight excluding hydrogens is 194 g/mol. The van der Waals surface area contributed by atoms with E-state index in [0.717, 1.165) is 0 Å². The van der Waals surface area contributed by atoms with Gasteiger partial charge in [-0.25, -0.2) is 0 Å². The predicted octanol–water partition coefficient (Wildman–Crippen LogP) is 1.33. The van der Waals surface area contributed by atoms with Crippen LogP contribution in [0.3, 0.4) is 0 Å². The van der Waals surface area contributed by atoms with Gasteiger partial charge >= 0.3 is 5.97 Å². The summed E-state index contributed by atoms with van der Waals surface area (Å²) in [4.78, 5) is 11.2. The first kappa shape index (κ1) is 14.4. The number of ether oxygens (including phenoxy) is 2. The van der Waals surface area contributed by atoms with E-state index < -0.39 is 5.54 Å². The number of hydrogen-bond acceptors (Lipinski definition) is 4. The van der Waals surface area contributed by atoms with Gasteiger partial charge in [-0.2, -0.15) is 0 Å². The first-order valence-corrected chi connectivity index (χ1v) is 5.33. The third kappa shape index (κ3) is 11.3. The van der Waals surface area contributed by atoms with E-state index >= 15 is 0 Å². The second-order valence-electron chi connectivity index (χ2n) is 4.85. The van der Waals surface area contributed by atoms with Gasteiger partial charge in [0.1, 0.15) is 6.61 Å². The molecule has 0 aliphatic carbocycles. The summed E-state index contributed by atoms with van der Waals surface area (Å²) in [6.45, 7) is 9.19. The third-order valence-electron chi connectivity index (χ3n) is 1.54. The maximum Gasteiger partial charge on any atom is 0.307 e. The van der Waals surface area contributed by atoms with Crippen LogP contribution >= 0.6 is 0 Å². The van der Waals surface area contributed by atoms with E-state index in [-0.39, 0.29) is 12.4 Å². The van der Waals surface area contributed by atoms with E-state index in [1.807, 2.05) is 0 Å². The fraction of sp³-hybridized carbons (Fsp3) is 0.909. The quantitative estimate of drug-likeness (QED) is 0.516. The zero-order chi connectivity index (χ0) is 11.9. The van der Waals surface area contributed by atoms with Crippen molar-refractivity contribution >= 4 is 5.97 Å². The Bertz CT molecular complexity index is 185. The summed E-state index contributed by atoms with van der Waals surface area (Å²) >= 11 is 0. The average Bonchev–Trinajstić information content (AvgIpc) is 1.99. The molecule has 0 atom stereocenters. The number of hydrogen-bond donors (Lipinski definition) is 1. The molecule has 0 aromatic carbocycles. The van der Waals surface area contributed by atoms with Crippen molar-refractivity contribution < 1.29 is 14.3 Å². The van der Waals surface area contributed by atoms with E-state index in [0.29, 0.717) is 25.7 Å². The smallest absolute Gasteiger partial charge is 0.307 e. The Morgan fingerprint density at radius 1 is 1.33 bits per heavy atom. The molecule has 4 nitrogen and oxygen atoms in total. The number of esters is 1. The molecule has 4 heteroatoms. The molecule has 0 aromatic heterocycles. The molecule has 0 spiro atoms. The van der Waals surface area contributed by atoms with Gasteiger partial charge in [-0.15, -0.1) is 0 Å². The van der Waals surface area contributed by atoms with Gasteiger partial charge < -0.3 is 15.2 Å². The van der Waals surface area contributed by atoms with Crippen molar-refractivity contribution in [2.45, 2.75) is 39.7 Å². The molecule has 0 aromatic rings. The first-order valence-electron chi connectivity index (χ1n) is 5.33. The molecule has 90 valence electrons. The standard InChI is InChI=1S/C11H23NO3/c1-9(2)8-14-5-6-15-10(13)7-11(3,4)12/h9H,5-8,12H2,1-4H3. The molecule has 0 unspecified atom stereocenters. The van der Waals surface area contributed by atoms with Gasteiger partial charge in [0, 0.05) is 12.1 Å². The van der Waals surface area contributed by atoms with Crippen LogP contribution in [0.2, 0.25) is 0 Å². The van der Waals surface area contributed by atoms with Gasteiger partial charge in [0.05, 0.1) is 13.0 Å². The summed E-state index contributed by atoms with van der Waals surface area (Å²) in [5, 5.41) is 0. The number of nitrogens with two attached hydrogens (primary N) is 1. The molecule has 0 aliphatic heterocycles. The van der Waals surface area contributed by atoms with Crippen LogP contribution in [0.1, 0.15) is 34.1 Å². The van der Waals surface area contributed by atoms with Crippen molar-refractivity contribution in [3.05, 3.63) is 0 Å². The minimum absolute atomic E-state index is 0.233. The third-order valence-corrected chi connectivity index (χ3v) is 1.54. The summed E-state index contributed by atoms with van der Waals surface area (Å²) in [6, 6.07) is 0. The zero-order valence-electron chi connectivity index (χ0n) is 10.2. The van der Waals surface area contributed by atoms with Gasteiger partial charge in [-0.05, 0) is 19.8 Å². The fourth-order valence-electron chi connectivity index (χ4n) is 0.957. The molecule has 0 saturated carbocycles. The molecular formula is C11H23NO3. The summed E-state index contributed by atoms with van der Waals surface area (Å²) in [7, 11) is 0. The molecule has 0 heterocycles. The van der Waals surface area contributed by atoms with Crippen LogP contribution < -0.4 is 5.73 Å². The lowest BCUT2D eigenvalue weighted by Crippen LogP contribution is -2.35. The predicted molar refractivity (Wildman–Crippen MR) is 59.5 cm³/mol. The summed E-state index contributed by atoms with van der Waals surface area (Å²) < 4.78 is 10.2. The van der Waals surface area contributed by atoms with Crippen LogP contribution in [-0.2, 0) is 14.3 Å². The lowest BCUT2D eigenvalue weighted by Gasteiger charge is -2.16. The van der Waals surface area contributed by atoms with Gasteiger partial charge in [0.25, 0.3) is 0 Å². The van der Waals surface area contributed by atoms with Gasteiger partial charge in [0.2, 0.25) is 0 Å². The Hall–Kier alpha value is -0.610. The van der Waals surface area contributed by atoms with E-state index in [1.54, 1.807) is 13.8 Å². The van der Waals surface area contributed by atoms with E-state index in [2.05, 4.69) is 13.8 Å². The highest BCUT2D eigenvalue weighted by Gasteiger charge is 2.17. The lowest BCUT2D eigenvalue weighted by atomic mass is 10.0. The minimum Gasteiger partial charge on any atom is -0.463 e. The van der Waals surface area contributed by atoms with E-state index in [9.17, 15) is 4.79 Å². The monoisotopic (exact) mass is 217 g/mol. The highest BCUT2D eigenvalue weighted by Crippen LogP contribution is 2.04. The minimum atomic E-state index is -0.504. The summed E-state index contributed by atoms with van der Waals surface area (Å²) in [6.07, 6.45) is 0.233. The Labute approximate surface area is 92.1 Å². The summed E-state index contributed by atoms with van der Waals surface area (Å²) in [5.41, 5.74) is 5.17. The Morgan fingerprint density at radius 3 is 2.40 bits per heavy atom. The van der Waals surface area contributed by atoms with Crippen molar-refractivity contribution in [1.82, 2.24) is 0 Å². The lowest BCUT2D eigenvalue weighted by molar-refractivity contribution is -0.146. The molecule has 0 bridgehead atoms. The second kappa shape index (κ2) is 6.80. The van der Waals surface area contributed by atoms with Crippen molar-refractivity contribution in [2.75, 3.05) is 19.8 Å². The maximum atomic E-state index is 11.2. The molecule has 2 N–H and O–H groups in total. The second-order valence-corrected chi connectivity index (χ2v) is 4.85. The van der Waals surface area contributed by atoms with Gasteiger partial charge in [0.15, 0.2) is 0 Å².